The molecule has 0 spiro atoms. The topological polar surface area (TPSA) is 84.9 Å². The van der Waals surface area contributed by atoms with Crippen LogP contribution in [0, 0.1) is 17.8 Å². The minimum Gasteiger partial charge on any atom is -0.480 e. The molecule has 0 heterocycles. The van der Waals surface area contributed by atoms with E-state index in [1.807, 2.05) is 48.5 Å². The quantitative estimate of drug-likeness (QED) is 0.706. The van der Waals surface area contributed by atoms with E-state index in [0.717, 1.165) is 22.3 Å². The predicted molar refractivity (Wildman–Crippen MR) is 108 cm³/mol. The molecule has 2 aromatic rings. The lowest BCUT2D eigenvalue weighted by Gasteiger charge is -2.30. The summed E-state index contributed by atoms with van der Waals surface area (Å²) in [6, 6.07) is 14.6. The lowest BCUT2D eigenvalue weighted by molar-refractivity contribution is -0.142. The first-order chi connectivity index (χ1) is 13.9. The molecule has 0 saturated heterocycles. The van der Waals surface area contributed by atoms with Crippen molar-refractivity contribution >= 4 is 12.1 Å². The van der Waals surface area contributed by atoms with Gasteiger partial charge in [0.15, 0.2) is 0 Å². The molecule has 0 saturated carbocycles. The summed E-state index contributed by atoms with van der Waals surface area (Å²) < 4.78 is 10.4. The Bertz CT molecular complexity index is 918. The van der Waals surface area contributed by atoms with E-state index in [4.69, 9.17) is 15.9 Å². The number of ether oxygens (including phenoxy) is 2. The van der Waals surface area contributed by atoms with E-state index in [1.165, 1.54) is 7.11 Å². The van der Waals surface area contributed by atoms with E-state index in [-0.39, 0.29) is 19.1 Å². The summed E-state index contributed by atoms with van der Waals surface area (Å²) >= 11 is 0. The van der Waals surface area contributed by atoms with Crippen LogP contribution in [0.2, 0.25) is 0 Å². The number of rotatable bonds is 7. The molecule has 1 aliphatic carbocycles. The second-order valence-corrected chi connectivity index (χ2v) is 7.24. The Kier molecular flexibility index (Phi) is 5.90. The average Bonchev–Trinajstić information content (AvgIpc) is 3.04. The fourth-order valence-electron chi connectivity index (χ4n) is 3.76. The maximum Gasteiger partial charge on any atom is 0.407 e. The first-order valence-electron chi connectivity index (χ1n) is 9.22. The predicted octanol–water partition coefficient (Wildman–Crippen LogP) is 3.26. The third-order valence-electron chi connectivity index (χ3n) is 5.26. The summed E-state index contributed by atoms with van der Waals surface area (Å²) in [6.45, 7) is 1.60. The van der Waals surface area contributed by atoms with Crippen LogP contribution in [0.1, 0.15) is 24.0 Å². The standard InChI is InChI=1S/C23H23NO5/c1-4-23(2,14-28-3)20(21(25)26)24-22(27)29-13-19-17-11-7-5-9-15(17)16-10-6-8-12-18(16)19/h1,5-12,19-20H,13-14H2,2-3H3,(H,24,27)(H,25,26)/t20-,23-/m1/s1. The molecule has 150 valence electrons. The Morgan fingerprint density at radius 3 is 2.21 bits per heavy atom. The van der Waals surface area contributed by atoms with E-state index >= 15 is 0 Å². The van der Waals surface area contributed by atoms with Crippen molar-refractivity contribution in [2.24, 2.45) is 5.41 Å². The molecule has 0 fully saturated rings. The second-order valence-electron chi connectivity index (χ2n) is 7.24. The number of carbonyl (C=O) groups excluding carboxylic acids is 1. The van der Waals surface area contributed by atoms with Crippen molar-refractivity contribution in [3.63, 3.8) is 0 Å². The number of carboxylic acids is 1. The zero-order chi connectivity index (χ0) is 21.0. The summed E-state index contributed by atoms with van der Waals surface area (Å²) in [5, 5.41) is 11.9. The van der Waals surface area contributed by atoms with Gasteiger partial charge >= 0.3 is 12.1 Å². The smallest absolute Gasteiger partial charge is 0.407 e. The summed E-state index contributed by atoms with van der Waals surface area (Å²) in [7, 11) is 1.42. The number of fused-ring (bicyclic) bond motifs is 3. The van der Waals surface area contributed by atoms with Gasteiger partial charge in [-0.05, 0) is 29.2 Å². The number of terminal acetylenes is 1. The molecule has 0 unspecified atom stereocenters. The SMILES string of the molecule is C#C[C@](C)(COC)[C@H](NC(=O)OCC1c2ccccc2-c2ccccc21)C(=O)O. The summed E-state index contributed by atoms with van der Waals surface area (Å²) in [4.78, 5) is 24.1. The van der Waals surface area contributed by atoms with Crippen molar-refractivity contribution < 1.29 is 24.2 Å². The van der Waals surface area contributed by atoms with Gasteiger partial charge in [0, 0.05) is 13.0 Å². The van der Waals surface area contributed by atoms with Crippen molar-refractivity contribution in [3.05, 3.63) is 59.7 Å². The van der Waals surface area contributed by atoms with Crippen LogP contribution in [-0.2, 0) is 14.3 Å². The molecule has 2 aromatic carbocycles. The largest absolute Gasteiger partial charge is 0.480 e. The highest BCUT2D eigenvalue weighted by Gasteiger charge is 2.40. The fourth-order valence-corrected chi connectivity index (χ4v) is 3.76. The monoisotopic (exact) mass is 393 g/mol. The molecule has 0 bridgehead atoms. The van der Waals surface area contributed by atoms with E-state index in [2.05, 4.69) is 11.2 Å². The Balaban J connectivity index is 1.74. The highest BCUT2D eigenvalue weighted by Crippen LogP contribution is 2.44. The number of hydrogen-bond acceptors (Lipinski definition) is 4. The average molecular weight is 393 g/mol. The molecule has 0 radical (unpaired) electrons. The lowest BCUT2D eigenvalue weighted by Crippen LogP contribution is -2.53. The summed E-state index contributed by atoms with van der Waals surface area (Å²) in [6.07, 6.45) is 4.67. The van der Waals surface area contributed by atoms with E-state index in [0.29, 0.717) is 0 Å². The Labute approximate surface area is 169 Å². The number of alkyl carbamates (subject to hydrolysis) is 1. The molecule has 6 heteroatoms. The van der Waals surface area contributed by atoms with Crippen molar-refractivity contribution in [2.75, 3.05) is 20.3 Å². The fraction of sp³-hybridized carbons (Fsp3) is 0.304. The number of methoxy groups -OCH3 is 1. The molecule has 0 aromatic heterocycles. The Hall–Kier alpha value is -3.30. The van der Waals surface area contributed by atoms with Gasteiger partial charge in [-0.3, -0.25) is 0 Å². The molecule has 1 aliphatic rings. The number of carboxylic acid groups (broad SMARTS) is 1. The van der Waals surface area contributed by atoms with Gasteiger partial charge in [-0.25, -0.2) is 9.59 Å². The highest BCUT2D eigenvalue weighted by atomic mass is 16.5. The number of carbonyl (C=O) groups is 2. The van der Waals surface area contributed by atoms with Gasteiger partial charge in [0.2, 0.25) is 0 Å². The third-order valence-corrected chi connectivity index (χ3v) is 5.26. The van der Waals surface area contributed by atoms with Gasteiger partial charge in [0.25, 0.3) is 0 Å². The van der Waals surface area contributed by atoms with Gasteiger partial charge in [0.05, 0.1) is 12.0 Å². The van der Waals surface area contributed by atoms with Crippen LogP contribution in [0.15, 0.2) is 48.5 Å². The van der Waals surface area contributed by atoms with Crippen molar-refractivity contribution in [2.45, 2.75) is 18.9 Å². The van der Waals surface area contributed by atoms with Gasteiger partial charge in [-0.1, -0.05) is 54.5 Å². The van der Waals surface area contributed by atoms with Gasteiger partial charge in [-0.2, -0.15) is 0 Å². The molecule has 0 aliphatic heterocycles. The van der Waals surface area contributed by atoms with Crippen LogP contribution >= 0.6 is 0 Å². The van der Waals surface area contributed by atoms with Gasteiger partial charge in [0.1, 0.15) is 12.6 Å². The second kappa shape index (κ2) is 8.38. The van der Waals surface area contributed by atoms with Gasteiger partial charge in [-0.15, -0.1) is 6.42 Å². The zero-order valence-electron chi connectivity index (χ0n) is 16.3. The minimum absolute atomic E-state index is 0.0237. The molecule has 29 heavy (non-hydrogen) atoms. The van der Waals surface area contributed by atoms with Crippen LogP contribution < -0.4 is 5.32 Å². The molecular formula is C23H23NO5. The van der Waals surface area contributed by atoms with Crippen LogP contribution in [0.4, 0.5) is 4.79 Å². The van der Waals surface area contributed by atoms with Crippen LogP contribution in [-0.4, -0.2) is 43.5 Å². The molecule has 2 N–H and O–H groups in total. The Morgan fingerprint density at radius 1 is 1.17 bits per heavy atom. The van der Waals surface area contributed by atoms with Crippen LogP contribution in [0.5, 0.6) is 0 Å². The lowest BCUT2D eigenvalue weighted by atomic mass is 9.84. The van der Waals surface area contributed by atoms with E-state index in [1.54, 1.807) is 6.92 Å². The number of aliphatic carboxylic acids is 1. The maximum absolute atomic E-state index is 12.4. The minimum atomic E-state index is -1.34. The molecule has 2 atom stereocenters. The normalized spacial score (nSPS) is 15.3. The number of benzene rings is 2. The van der Waals surface area contributed by atoms with E-state index < -0.39 is 23.5 Å². The van der Waals surface area contributed by atoms with Crippen molar-refractivity contribution in [1.82, 2.24) is 5.32 Å². The number of hydrogen-bond donors (Lipinski definition) is 2. The molecular weight excluding hydrogens is 370 g/mol. The van der Waals surface area contributed by atoms with Gasteiger partial charge < -0.3 is 19.9 Å². The number of nitrogens with one attached hydrogen (secondary N) is 1. The first-order valence-corrected chi connectivity index (χ1v) is 9.22. The number of amides is 1. The summed E-state index contributed by atoms with van der Waals surface area (Å²) in [5.41, 5.74) is 3.15. The maximum atomic E-state index is 12.4. The third kappa shape index (κ3) is 3.96. The summed E-state index contributed by atoms with van der Waals surface area (Å²) in [5.74, 6) is 1.04. The zero-order valence-corrected chi connectivity index (χ0v) is 16.3. The molecule has 3 rings (SSSR count). The molecule has 1 amide bonds. The van der Waals surface area contributed by atoms with Crippen LogP contribution in [0.25, 0.3) is 11.1 Å². The molecule has 6 nitrogen and oxygen atoms in total. The Morgan fingerprint density at radius 2 is 1.72 bits per heavy atom. The van der Waals surface area contributed by atoms with Crippen molar-refractivity contribution in [1.29, 1.82) is 0 Å². The highest BCUT2D eigenvalue weighted by molar-refractivity contribution is 5.82. The van der Waals surface area contributed by atoms with E-state index in [9.17, 15) is 14.7 Å². The first kappa shape index (κ1) is 20.4. The van der Waals surface area contributed by atoms with Crippen molar-refractivity contribution in [3.8, 4) is 23.5 Å². The van der Waals surface area contributed by atoms with Crippen LogP contribution in [0.3, 0.4) is 0 Å².